The number of esters is 3. The van der Waals surface area contributed by atoms with Crippen molar-refractivity contribution in [3.8, 4) is 0 Å². The summed E-state index contributed by atoms with van der Waals surface area (Å²) in [5.41, 5.74) is 0.588. The zero-order valence-electron chi connectivity index (χ0n) is 19.2. The zero-order valence-corrected chi connectivity index (χ0v) is 19.2. The van der Waals surface area contributed by atoms with Crippen molar-refractivity contribution in [2.75, 3.05) is 7.11 Å². The van der Waals surface area contributed by atoms with Crippen molar-refractivity contribution in [1.82, 2.24) is 5.32 Å². The van der Waals surface area contributed by atoms with Gasteiger partial charge >= 0.3 is 17.9 Å². The van der Waals surface area contributed by atoms with E-state index in [1.54, 1.807) is 41.5 Å². The number of methoxy groups -OCH3 is 1. The summed E-state index contributed by atoms with van der Waals surface area (Å²) in [6, 6.07) is 6.80. The monoisotopic (exact) mass is 421 g/mol. The molecule has 0 aliphatic heterocycles. The van der Waals surface area contributed by atoms with Gasteiger partial charge in [0.2, 0.25) is 0 Å². The highest BCUT2D eigenvalue weighted by Crippen LogP contribution is 2.14. The van der Waals surface area contributed by atoms with E-state index in [0.29, 0.717) is 6.54 Å². The van der Waals surface area contributed by atoms with Gasteiger partial charge in [-0.15, -0.1) is 0 Å². The van der Waals surface area contributed by atoms with E-state index in [1.807, 2.05) is 24.3 Å². The number of ether oxygens (including phenoxy) is 3. The first-order valence-electron chi connectivity index (χ1n) is 10.1. The lowest BCUT2D eigenvalue weighted by atomic mass is 10.1. The first kappa shape index (κ1) is 25.6. The van der Waals surface area contributed by atoms with Gasteiger partial charge in [0, 0.05) is 13.0 Å². The first-order valence-corrected chi connectivity index (χ1v) is 10.1. The van der Waals surface area contributed by atoms with Crippen molar-refractivity contribution in [3.63, 3.8) is 0 Å². The van der Waals surface area contributed by atoms with Crippen molar-refractivity contribution in [3.05, 3.63) is 35.4 Å². The maximum atomic E-state index is 12.6. The van der Waals surface area contributed by atoms with Gasteiger partial charge in [0.25, 0.3) is 0 Å². The Kier molecular flexibility index (Phi) is 9.49. The average Bonchev–Trinajstić information content (AvgIpc) is 2.59. The third-order valence-electron chi connectivity index (χ3n) is 3.90. The molecule has 1 aromatic rings. The Morgan fingerprint density at radius 1 is 0.867 bits per heavy atom. The smallest absolute Gasteiger partial charge is 0.323 e. The summed E-state index contributed by atoms with van der Waals surface area (Å²) in [5.74, 6) is -1.06. The number of benzene rings is 1. The molecule has 0 aliphatic carbocycles. The van der Waals surface area contributed by atoms with Gasteiger partial charge in [0.1, 0.15) is 17.2 Å². The summed E-state index contributed by atoms with van der Waals surface area (Å²) in [5, 5.41) is 3.17. The van der Waals surface area contributed by atoms with Gasteiger partial charge in [-0.05, 0) is 59.1 Å². The maximum Gasteiger partial charge on any atom is 0.323 e. The van der Waals surface area contributed by atoms with Crippen molar-refractivity contribution < 1.29 is 28.6 Å². The molecular formula is C23H35NO6. The van der Waals surface area contributed by atoms with E-state index in [4.69, 9.17) is 9.47 Å². The Hall–Kier alpha value is -2.41. The molecule has 0 bridgehead atoms. The molecule has 1 aromatic carbocycles. The van der Waals surface area contributed by atoms with Crippen LogP contribution in [0.25, 0.3) is 0 Å². The highest BCUT2D eigenvalue weighted by Gasteiger charge is 2.26. The van der Waals surface area contributed by atoms with Crippen LogP contribution in [-0.4, -0.2) is 42.3 Å². The SMILES string of the molecule is COC(=O)Cc1ccc(CNC(CCC(=O)OC(C)(C)C)C(=O)OC(C)(C)C)cc1. The van der Waals surface area contributed by atoms with Crippen LogP contribution in [-0.2, 0) is 41.6 Å². The minimum Gasteiger partial charge on any atom is -0.469 e. The van der Waals surface area contributed by atoms with Crippen LogP contribution >= 0.6 is 0 Å². The summed E-state index contributed by atoms with van der Waals surface area (Å²) in [4.78, 5) is 36.0. The number of hydrogen-bond donors (Lipinski definition) is 1. The van der Waals surface area contributed by atoms with Gasteiger partial charge in [-0.1, -0.05) is 24.3 Å². The van der Waals surface area contributed by atoms with Crippen LogP contribution < -0.4 is 5.32 Å². The summed E-state index contributed by atoms with van der Waals surface area (Å²) in [6.07, 6.45) is 0.580. The highest BCUT2D eigenvalue weighted by molar-refractivity contribution is 5.77. The van der Waals surface area contributed by atoms with E-state index in [2.05, 4.69) is 10.1 Å². The van der Waals surface area contributed by atoms with Crippen molar-refractivity contribution in [2.24, 2.45) is 0 Å². The molecule has 0 aromatic heterocycles. The molecule has 1 atom stereocenters. The second-order valence-electron chi connectivity index (χ2n) is 9.16. The minimum atomic E-state index is -0.647. The van der Waals surface area contributed by atoms with Gasteiger partial charge in [-0.3, -0.25) is 14.4 Å². The predicted octanol–water partition coefficient (Wildman–Crippen LogP) is 3.32. The Balaban J connectivity index is 2.73. The van der Waals surface area contributed by atoms with Gasteiger partial charge in [0.05, 0.1) is 13.5 Å². The van der Waals surface area contributed by atoms with Crippen LogP contribution in [0.3, 0.4) is 0 Å². The number of carbonyl (C=O) groups excluding carboxylic acids is 3. The van der Waals surface area contributed by atoms with Crippen molar-refractivity contribution >= 4 is 17.9 Å². The molecule has 0 spiro atoms. The molecule has 0 heterocycles. The molecule has 168 valence electrons. The molecule has 1 rings (SSSR count). The minimum absolute atomic E-state index is 0.103. The Morgan fingerprint density at radius 3 is 1.90 bits per heavy atom. The molecule has 7 heteroatoms. The Labute approximate surface area is 179 Å². The second kappa shape index (κ2) is 11.1. The Bertz CT molecular complexity index is 713. The van der Waals surface area contributed by atoms with E-state index < -0.39 is 23.2 Å². The van der Waals surface area contributed by atoms with E-state index in [0.717, 1.165) is 11.1 Å². The van der Waals surface area contributed by atoms with Gasteiger partial charge in [0.15, 0.2) is 0 Å². The van der Waals surface area contributed by atoms with Crippen LogP contribution in [0.5, 0.6) is 0 Å². The third kappa shape index (κ3) is 11.0. The van der Waals surface area contributed by atoms with Crippen LogP contribution in [0.1, 0.15) is 65.5 Å². The van der Waals surface area contributed by atoms with E-state index >= 15 is 0 Å². The first-order chi connectivity index (χ1) is 13.8. The molecule has 30 heavy (non-hydrogen) atoms. The molecule has 0 radical (unpaired) electrons. The molecular weight excluding hydrogens is 386 g/mol. The lowest BCUT2D eigenvalue weighted by Crippen LogP contribution is -2.41. The van der Waals surface area contributed by atoms with Gasteiger partial charge in [-0.25, -0.2) is 0 Å². The fourth-order valence-electron chi connectivity index (χ4n) is 2.59. The van der Waals surface area contributed by atoms with Crippen molar-refractivity contribution in [2.45, 2.75) is 84.6 Å². The molecule has 0 fully saturated rings. The molecule has 0 aliphatic rings. The number of hydrogen-bond acceptors (Lipinski definition) is 7. The zero-order chi connectivity index (χ0) is 22.9. The van der Waals surface area contributed by atoms with Gasteiger partial charge < -0.3 is 19.5 Å². The van der Waals surface area contributed by atoms with Crippen LogP contribution in [0.2, 0.25) is 0 Å². The average molecular weight is 422 g/mol. The number of carbonyl (C=O) groups is 3. The summed E-state index contributed by atoms with van der Waals surface area (Å²) in [7, 11) is 1.36. The van der Waals surface area contributed by atoms with E-state index in [1.165, 1.54) is 7.11 Å². The fourth-order valence-corrected chi connectivity index (χ4v) is 2.59. The molecule has 0 saturated carbocycles. The highest BCUT2D eigenvalue weighted by atomic mass is 16.6. The largest absolute Gasteiger partial charge is 0.469 e. The lowest BCUT2D eigenvalue weighted by molar-refractivity contribution is -0.159. The van der Waals surface area contributed by atoms with E-state index in [9.17, 15) is 14.4 Å². The topological polar surface area (TPSA) is 90.9 Å². The number of nitrogens with one attached hydrogen (secondary N) is 1. The van der Waals surface area contributed by atoms with Gasteiger partial charge in [-0.2, -0.15) is 0 Å². The van der Waals surface area contributed by atoms with Crippen LogP contribution in [0.15, 0.2) is 24.3 Å². The molecule has 1 N–H and O–H groups in total. The fraction of sp³-hybridized carbons (Fsp3) is 0.609. The normalized spacial score (nSPS) is 12.8. The summed E-state index contributed by atoms with van der Waals surface area (Å²) >= 11 is 0. The lowest BCUT2D eigenvalue weighted by Gasteiger charge is -2.25. The standard InChI is InChI=1S/C23H35NO6/c1-22(2,3)29-19(25)13-12-18(21(27)30-23(4,5)6)24-15-17-10-8-16(9-11-17)14-20(26)28-7/h8-11,18,24H,12-15H2,1-7H3. The molecule has 0 saturated heterocycles. The maximum absolute atomic E-state index is 12.6. The molecule has 0 amide bonds. The second-order valence-corrected chi connectivity index (χ2v) is 9.16. The summed E-state index contributed by atoms with van der Waals surface area (Å²) < 4.78 is 15.5. The molecule has 1 unspecified atom stereocenters. The Morgan fingerprint density at radius 2 is 1.40 bits per heavy atom. The number of rotatable bonds is 9. The quantitative estimate of drug-likeness (QED) is 0.483. The van der Waals surface area contributed by atoms with Crippen LogP contribution in [0.4, 0.5) is 0 Å². The third-order valence-corrected chi connectivity index (χ3v) is 3.90. The van der Waals surface area contributed by atoms with Crippen LogP contribution in [0, 0.1) is 0 Å². The van der Waals surface area contributed by atoms with E-state index in [-0.39, 0.29) is 31.2 Å². The summed E-state index contributed by atoms with van der Waals surface area (Å²) in [6.45, 7) is 11.2. The van der Waals surface area contributed by atoms with Crippen molar-refractivity contribution in [1.29, 1.82) is 0 Å². The molecule has 7 nitrogen and oxygen atoms in total. The predicted molar refractivity (Wildman–Crippen MR) is 114 cm³/mol.